The zero-order valence-corrected chi connectivity index (χ0v) is 11.8. The molecule has 0 atom stereocenters. The summed E-state index contributed by atoms with van der Waals surface area (Å²) in [4.78, 5) is 31.1. The van der Waals surface area contributed by atoms with E-state index in [2.05, 4.69) is 15.3 Å². The van der Waals surface area contributed by atoms with Gasteiger partial charge in [0.1, 0.15) is 5.56 Å². The Labute approximate surface area is 123 Å². The van der Waals surface area contributed by atoms with E-state index in [4.69, 9.17) is 9.84 Å². The van der Waals surface area contributed by atoms with E-state index < -0.39 is 11.9 Å². The topological polar surface area (TPSA) is 101 Å². The molecule has 0 aliphatic carbocycles. The van der Waals surface area contributed by atoms with E-state index in [-0.39, 0.29) is 11.4 Å². The Balaban J connectivity index is 2.11. The van der Waals surface area contributed by atoms with Crippen LogP contribution in [-0.4, -0.2) is 34.1 Å². The number of pyridine rings is 1. The summed E-state index contributed by atoms with van der Waals surface area (Å²) in [5.41, 5.74) is 0.290. The monoisotopic (exact) mass is 305 g/mol. The highest BCUT2D eigenvalue weighted by Gasteiger charge is 2.14. The summed E-state index contributed by atoms with van der Waals surface area (Å²) in [6.07, 6.45) is 5.40. The van der Waals surface area contributed by atoms with Gasteiger partial charge in [-0.25, -0.2) is 14.8 Å². The predicted molar refractivity (Wildman–Crippen MR) is 77.5 cm³/mol. The molecule has 21 heavy (non-hydrogen) atoms. The van der Waals surface area contributed by atoms with Crippen molar-refractivity contribution in [3.63, 3.8) is 0 Å². The lowest BCUT2D eigenvalue weighted by Crippen LogP contribution is -2.13. The molecule has 0 spiro atoms. The zero-order valence-electron chi connectivity index (χ0n) is 10.9. The molecule has 0 radical (unpaired) electrons. The third kappa shape index (κ3) is 3.86. The third-order valence-corrected chi connectivity index (χ3v) is 3.22. The molecule has 0 saturated heterocycles. The average molecular weight is 305 g/mol. The lowest BCUT2D eigenvalue weighted by Gasteiger charge is -2.05. The second-order valence-corrected chi connectivity index (χ2v) is 4.82. The van der Waals surface area contributed by atoms with Crippen LogP contribution in [0.1, 0.15) is 15.2 Å². The molecule has 108 valence electrons. The SMILES string of the molecule is COc1ncccc1C(=O)Nc1ncc(C=CC(=O)O)s1. The van der Waals surface area contributed by atoms with Gasteiger partial charge in [-0.05, 0) is 18.2 Å². The number of amides is 1. The standard InChI is InChI=1S/C13H11N3O4S/c1-20-12-9(3-2-6-14-12)11(19)16-13-15-7-8(21-13)4-5-10(17)18/h2-7H,1H3,(H,17,18)(H,15,16,19). The number of thiazole rings is 1. The van der Waals surface area contributed by atoms with Crippen LogP contribution in [0.3, 0.4) is 0 Å². The number of nitrogens with one attached hydrogen (secondary N) is 1. The van der Waals surface area contributed by atoms with Gasteiger partial charge in [0.05, 0.1) is 7.11 Å². The fourth-order valence-corrected chi connectivity index (χ4v) is 2.18. The van der Waals surface area contributed by atoms with Gasteiger partial charge in [0, 0.05) is 23.3 Å². The first kappa shape index (κ1) is 14.7. The Morgan fingerprint density at radius 3 is 2.95 bits per heavy atom. The number of anilines is 1. The number of carbonyl (C=O) groups excluding carboxylic acids is 1. The summed E-state index contributed by atoms with van der Waals surface area (Å²) >= 11 is 1.16. The van der Waals surface area contributed by atoms with Gasteiger partial charge in [-0.2, -0.15) is 0 Å². The van der Waals surface area contributed by atoms with Crippen molar-refractivity contribution in [1.29, 1.82) is 0 Å². The molecule has 0 saturated carbocycles. The maximum atomic E-state index is 12.1. The molecule has 0 bridgehead atoms. The number of hydrogen-bond donors (Lipinski definition) is 2. The van der Waals surface area contributed by atoms with Crippen LogP contribution in [0.4, 0.5) is 5.13 Å². The maximum Gasteiger partial charge on any atom is 0.328 e. The molecule has 1 amide bonds. The Morgan fingerprint density at radius 1 is 1.43 bits per heavy atom. The highest BCUT2D eigenvalue weighted by molar-refractivity contribution is 7.16. The van der Waals surface area contributed by atoms with Crippen molar-refractivity contribution in [1.82, 2.24) is 9.97 Å². The quantitative estimate of drug-likeness (QED) is 0.818. The van der Waals surface area contributed by atoms with E-state index in [9.17, 15) is 9.59 Å². The summed E-state index contributed by atoms with van der Waals surface area (Å²) < 4.78 is 5.01. The van der Waals surface area contributed by atoms with Gasteiger partial charge < -0.3 is 9.84 Å². The van der Waals surface area contributed by atoms with Gasteiger partial charge in [0.25, 0.3) is 5.91 Å². The first-order valence-electron chi connectivity index (χ1n) is 5.77. The molecule has 8 heteroatoms. The largest absolute Gasteiger partial charge is 0.480 e. The molecule has 0 unspecified atom stereocenters. The molecule has 0 aliphatic rings. The molecular formula is C13H11N3O4S. The molecule has 0 fully saturated rings. The summed E-state index contributed by atoms with van der Waals surface area (Å²) in [6.45, 7) is 0. The number of nitrogens with zero attached hydrogens (tertiary/aromatic N) is 2. The smallest absolute Gasteiger partial charge is 0.328 e. The van der Waals surface area contributed by atoms with Crippen LogP contribution in [-0.2, 0) is 4.79 Å². The van der Waals surface area contributed by atoms with E-state index in [1.807, 2.05) is 0 Å². The first-order valence-corrected chi connectivity index (χ1v) is 6.59. The molecule has 2 aromatic rings. The third-order valence-electron chi connectivity index (χ3n) is 2.34. The summed E-state index contributed by atoms with van der Waals surface area (Å²) in [6, 6.07) is 3.21. The van der Waals surface area contributed by atoms with E-state index >= 15 is 0 Å². The zero-order chi connectivity index (χ0) is 15.2. The molecule has 2 rings (SSSR count). The number of aromatic nitrogens is 2. The number of rotatable bonds is 5. The second kappa shape index (κ2) is 6.62. The van der Waals surface area contributed by atoms with Crippen LogP contribution in [0.15, 0.2) is 30.6 Å². The molecular weight excluding hydrogens is 294 g/mol. The molecule has 0 aliphatic heterocycles. The van der Waals surface area contributed by atoms with Crippen LogP contribution < -0.4 is 10.1 Å². The van der Waals surface area contributed by atoms with Gasteiger partial charge >= 0.3 is 5.97 Å². The normalized spacial score (nSPS) is 10.5. The number of methoxy groups -OCH3 is 1. The molecule has 2 N–H and O–H groups in total. The van der Waals surface area contributed by atoms with Gasteiger partial charge in [-0.1, -0.05) is 11.3 Å². The van der Waals surface area contributed by atoms with Crippen LogP contribution in [0.2, 0.25) is 0 Å². The van der Waals surface area contributed by atoms with Crippen molar-refractivity contribution in [2.75, 3.05) is 12.4 Å². The minimum absolute atomic E-state index is 0.220. The van der Waals surface area contributed by atoms with Crippen LogP contribution in [0.5, 0.6) is 5.88 Å². The fourth-order valence-electron chi connectivity index (χ4n) is 1.47. The summed E-state index contributed by atoms with van der Waals surface area (Å²) in [5.74, 6) is -1.23. The minimum atomic E-state index is -1.05. The summed E-state index contributed by atoms with van der Waals surface area (Å²) in [5, 5.41) is 11.5. The van der Waals surface area contributed by atoms with Crippen molar-refractivity contribution in [3.8, 4) is 5.88 Å². The number of carbonyl (C=O) groups is 2. The Hall–Kier alpha value is -2.74. The van der Waals surface area contributed by atoms with Crippen molar-refractivity contribution in [3.05, 3.63) is 41.0 Å². The second-order valence-electron chi connectivity index (χ2n) is 3.75. The van der Waals surface area contributed by atoms with Gasteiger partial charge in [-0.15, -0.1) is 0 Å². The molecule has 7 nitrogen and oxygen atoms in total. The number of aliphatic carboxylic acids is 1. The van der Waals surface area contributed by atoms with Crippen LogP contribution >= 0.6 is 11.3 Å². The van der Waals surface area contributed by atoms with E-state index in [0.29, 0.717) is 10.0 Å². The highest BCUT2D eigenvalue weighted by Crippen LogP contribution is 2.21. The van der Waals surface area contributed by atoms with E-state index in [1.165, 1.54) is 25.6 Å². The molecule has 2 aromatic heterocycles. The Bertz CT molecular complexity index is 696. The lowest BCUT2D eigenvalue weighted by atomic mass is 10.2. The summed E-state index contributed by atoms with van der Waals surface area (Å²) in [7, 11) is 1.43. The number of hydrogen-bond acceptors (Lipinski definition) is 6. The minimum Gasteiger partial charge on any atom is -0.480 e. The predicted octanol–water partition coefficient (Wildman–Crippen LogP) is 1.90. The van der Waals surface area contributed by atoms with E-state index in [1.54, 1.807) is 12.1 Å². The van der Waals surface area contributed by atoms with Crippen LogP contribution in [0, 0.1) is 0 Å². The van der Waals surface area contributed by atoms with Crippen molar-refractivity contribution >= 4 is 34.4 Å². The van der Waals surface area contributed by atoms with Crippen LogP contribution in [0.25, 0.3) is 6.08 Å². The lowest BCUT2D eigenvalue weighted by molar-refractivity contribution is -0.131. The number of ether oxygens (including phenoxy) is 1. The van der Waals surface area contributed by atoms with Gasteiger partial charge in [0.2, 0.25) is 5.88 Å². The number of carboxylic acid groups (broad SMARTS) is 1. The van der Waals surface area contributed by atoms with Crippen molar-refractivity contribution in [2.45, 2.75) is 0 Å². The average Bonchev–Trinajstić information content (AvgIpc) is 2.92. The Kier molecular flexibility index (Phi) is 4.62. The van der Waals surface area contributed by atoms with Gasteiger partial charge in [0.15, 0.2) is 5.13 Å². The molecule has 2 heterocycles. The highest BCUT2D eigenvalue weighted by atomic mass is 32.1. The molecule has 0 aromatic carbocycles. The number of carboxylic acids is 1. The first-order chi connectivity index (χ1) is 10.1. The maximum absolute atomic E-state index is 12.1. The van der Waals surface area contributed by atoms with Crippen molar-refractivity contribution < 1.29 is 19.4 Å². The Morgan fingerprint density at radius 2 is 2.24 bits per heavy atom. The van der Waals surface area contributed by atoms with E-state index in [0.717, 1.165) is 17.4 Å². The van der Waals surface area contributed by atoms with Crippen molar-refractivity contribution in [2.24, 2.45) is 0 Å². The fraction of sp³-hybridized carbons (Fsp3) is 0.0769. The van der Waals surface area contributed by atoms with Gasteiger partial charge in [-0.3, -0.25) is 10.1 Å².